The van der Waals surface area contributed by atoms with Gasteiger partial charge in [-0.15, -0.1) is 0 Å². The van der Waals surface area contributed by atoms with Crippen LogP contribution in [0.25, 0.3) is 22.5 Å². The van der Waals surface area contributed by atoms with Gasteiger partial charge in [-0.05, 0) is 42.2 Å². The van der Waals surface area contributed by atoms with Gasteiger partial charge in [-0.1, -0.05) is 54.6 Å². The molecule has 1 aliphatic rings. The maximum absolute atomic E-state index is 12.9. The Kier molecular flexibility index (Phi) is 3.59. The van der Waals surface area contributed by atoms with E-state index in [-0.39, 0.29) is 5.69 Å². The molecule has 0 radical (unpaired) electrons. The Balaban J connectivity index is 1.89. The lowest BCUT2D eigenvalue weighted by Crippen LogP contribution is -2.48. The first-order valence-corrected chi connectivity index (χ1v) is 9.36. The number of hydrogen-bond acceptors (Lipinski definition) is 2. The van der Waals surface area contributed by atoms with Crippen molar-refractivity contribution in [2.75, 3.05) is 0 Å². The summed E-state index contributed by atoms with van der Waals surface area (Å²) in [6.45, 7) is 4.57. The van der Waals surface area contributed by atoms with Gasteiger partial charge in [-0.25, -0.2) is 9.48 Å². The highest BCUT2D eigenvalue weighted by Gasteiger charge is 2.26. The van der Waals surface area contributed by atoms with Crippen LogP contribution < -0.4 is 10.4 Å². The zero-order valence-corrected chi connectivity index (χ0v) is 16.1. The Hall–Kier alpha value is -3.47. The maximum atomic E-state index is 12.9. The Morgan fingerprint density at radius 3 is 2.50 bits per heavy atom. The molecule has 1 aliphatic heterocycles. The van der Waals surface area contributed by atoms with E-state index in [4.69, 9.17) is 4.74 Å². The van der Waals surface area contributed by atoms with Gasteiger partial charge in [-0.3, -0.25) is 0 Å². The summed E-state index contributed by atoms with van der Waals surface area (Å²) in [5.74, 6) is 0.747. The van der Waals surface area contributed by atoms with Crippen molar-refractivity contribution in [2.24, 2.45) is 7.05 Å². The molecular formula is C23H21N3O2. The number of fused-ring (bicyclic) bond motifs is 6. The Bertz CT molecular complexity index is 1260. The van der Waals surface area contributed by atoms with Crippen LogP contribution in [0.4, 0.5) is 0 Å². The van der Waals surface area contributed by atoms with Gasteiger partial charge in [0.05, 0.1) is 5.69 Å². The van der Waals surface area contributed by atoms with Crippen molar-refractivity contribution in [1.82, 2.24) is 14.2 Å². The van der Waals surface area contributed by atoms with Crippen LogP contribution in [0.15, 0.2) is 65.5 Å². The van der Waals surface area contributed by atoms with Crippen LogP contribution >= 0.6 is 0 Å². The van der Waals surface area contributed by atoms with Gasteiger partial charge in [0, 0.05) is 12.6 Å². The minimum absolute atomic E-state index is 0.0823. The van der Waals surface area contributed by atoms with Crippen molar-refractivity contribution in [3.8, 4) is 28.3 Å². The first-order valence-electron chi connectivity index (χ1n) is 9.36. The minimum atomic E-state index is -0.0823. The van der Waals surface area contributed by atoms with E-state index in [0.717, 1.165) is 44.9 Å². The summed E-state index contributed by atoms with van der Waals surface area (Å²) < 4.78 is 9.55. The van der Waals surface area contributed by atoms with Gasteiger partial charge in [-0.2, -0.15) is 9.48 Å². The van der Waals surface area contributed by atoms with Crippen molar-refractivity contribution in [3.05, 3.63) is 87.8 Å². The number of nitrogens with zero attached hydrogens (tertiary/aromatic N) is 3. The molecule has 0 amide bonds. The standard InChI is InChI=1S/C23H21N3O2/c1-15-8-7-11-20-22(15)28-14-18-12-13-19(17-9-5-4-6-10-17)21(16(18)2)26-24(3)23(27)25(20)26/h4-13H,14H2,1-3H3. The average molecular weight is 371 g/mol. The van der Waals surface area contributed by atoms with Crippen molar-refractivity contribution < 1.29 is 4.74 Å². The predicted octanol–water partition coefficient (Wildman–Crippen LogP) is 4.14. The smallest absolute Gasteiger partial charge is 0.365 e. The van der Waals surface area contributed by atoms with Gasteiger partial charge < -0.3 is 4.74 Å². The van der Waals surface area contributed by atoms with Gasteiger partial charge >= 0.3 is 5.69 Å². The largest absolute Gasteiger partial charge is 0.486 e. The van der Waals surface area contributed by atoms with Crippen LogP contribution in [0.2, 0.25) is 0 Å². The molecule has 0 aliphatic carbocycles. The third-order valence-corrected chi connectivity index (χ3v) is 5.55. The molecule has 0 fully saturated rings. The number of ether oxygens (including phenoxy) is 1. The molecule has 1 aromatic heterocycles. The minimum Gasteiger partial charge on any atom is -0.486 e. The average Bonchev–Trinajstić information content (AvgIpc) is 2.74. The van der Waals surface area contributed by atoms with Crippen molar-refractivity contribution in [2.45, 2.75) is 20.5 Å². The van der Waals surface area contributed by atoms with Gasteiger partial charge in [0.25, 0.3) is 0 Å². The summed E-state index contributed by atoms with van der Waals surface area (Å²) in [7, 11) is 1.80. The number of hydrogen-bond donors (Lipinski definition) is 0. The van der Waals surface area contributed by atoms with Crippen LogP contribution in [0.1, 0.15) is 16.7 Å². The zero-order valence-electron chi connectivity index (χ0n) is 16.1. The molecule has 0 saturated carbocycles. The van der Waals surface area contributed by atoms with E-state index in [1.54, 1.807) is 16.4 Å². The molecule has 0 spiro atoms. The van der Waals surface area contributed by atoms with Crippen LogP contribution in [0, 0.1) is 13.8 Å². The van der Waals surface area contributed by atoms with Crippen LogP contribution in [-0.2, 0) is 13.7 Å². The van der Waals surface area contributed by atoms with E-state index in [0.29, 0.717) is 6.61 Å². The van der Waals surface area contributed by atoms with Crippen LogP contribution in [0.5, 0.6) is 5.75 Å². The Morgan fingerprint density at radius 1 is 0.929 bits per heavy atom. The van der Waals surface area contributed by atoms with Crippen molar-refractivity contribution in [3.63, 3.8) is 0 Å². The number of rotatable bonds is 1. The van der Waals surface area contributed by atoms with Gasteiger partial charge in [0.2, 0.25) is 0 Å². The molecule has 5 heteroatoms. The molecule has 0 atom stereocenters. The Morgan fingerprint density at radius 2 is 1.71 bits per heavy atom. The van der Waals surface area contributed by atoms with E-state index >= 15 is 0 Å². The summed E-state index contributed by atoms with van der Waals surface area (Å²) in [5, 5.41) is 0. The van der Waals surface area contributed by atoms with Gasteiger partial charge in [0.15, 0.2) is 0 Å². The fourth-order valence-electron chi connectivity index (χ4n) is 4.00. The van der Waals surface area contributed by atoms with E-state index < -0.39 is 0 Å². The molecule has 0 saturated heterocycles. The van der Waals surface area contributed by atoms with Gasteiger partial charge in [0.1, 0.15) is 18.0 Å². The summed E-state index contributed by atoms with van der Waals surface area (Å²) in [6.07, 6.45) is 0. The molecular weight excluding hydrogens is 350 g/mol. The second-order valence-corrected chi connectivity index (χ2v) is 7.23. The first kappa shape index (κ1) is 16.7. The lowest BCUT2D eigenvalue weighted by molar-refractivity contribution is 0.298. The van der Waals surface area contributed by atoms with E-state index in [1.165, 1.54) is 0 Å². The van der Waals surface area contributed by atoms with E-state index in [1.807, 2.05) is 48.1 Å². The second kappa shape index (κ2) is 6.02. The van der Waals surface area contributed by atoms with E-state index in [2.05, 4.69) is 31.2 Å². The number of aryl methyl sites for hydroxylation is 1. The van der Waals surface area contributed by atoms with E-state index in [9.17, 15) is 4.79 Å². The number of aromatic nitrogens is 3. The zero-order chi connectivity index (χ0) is 19.4. The summed E-state index contributed by atoms with van der Waals surface area (Å²) in [4.78, 5) is 14.8. The molecule has 140 valence electrons. The highest BCUT2D eigenvalue weighted by atomic mass is 16.5. The molecule has 3 aromatic carbocycles. The maximum Gasteiger partial charge on any atom is 0.365 e. The molecule has 5 nitrogen and oxygen atoms in total. The molecule has 2 heterocycles. The fourth-order valence-corrected chi connectivity index (χ4v) is 4.00. The number of para-hydroxylation sites is 1. The lowest BCUT2D eigenvalue weighted by atomic mass is 9.97. The quantitative estimate of drug-likeness (QED) is 0.504. The first-order chi connectivity index (χ1) is 13.6. The fraction of sp³-hybridized carbons (Fsp3) is 0.174. The topological polar surface area (TPSA) is 41.1 Å². The van der Waals surface area contributed by atoms with Crippen LogP contribution in [-0.4, -0.2) is 14.2 Å². The third kappa shape index (κ3) is 2.22. The summed E-state index contributed by atoms with van der Waals surface area (Å²) in [6, 6.07) is 20.4. The van der Waals surface area contributed by atoms with Crippen molar-refractivity contribution >= 4 is 0 Å². The third-order valence-electron chi connectivity index (χ3n) is 5.55. The second-order valence-electron chi connectivity index (χ2n) is 7.23. The molecule has 28 heavy (non-hydrogen) atoms. The highest BCUT2D eigenvalue weighted by Crippen LogP contribution is 2.36. The summed E-state index contributed by atoms with van der Waals surface area (Å²) in [5.41, 5.74) is 7.12. The summed E-state index contributed by atoms with van der Waals surface area (Å²) >= 11 is 0. The molecule has 2 bridgehead atoms. The highest BCUT2D eigenvalue weighted by molar-refractivity contribution is 5.76. The molecule has 5 rings (SSSR count). The monoisotopic (exact) mass is 371 g/mol. The number of benzene rings is 3. The molecule has 0 N–H and O–H groups in total. The van der Waals surface area contributed by atoms with Crippen LogP contribution in [0.3, 0.4) is 0 Å². The molecule has 0 unspecified atom stereocenters. The molecule has 4 aromatic rings. The lowest BCUT2D eigenvalue weighted by Gasteiger charge is -2.28. The van der Waals surface area contributed by atoms with Crippen molar-refractivity contribution in [1.29, 1.82) is 0 Å². The predicted molar refractivity (Wildman–Crippen MR) is 110 cm³/mol. The normalized spacial score (nSPS) is 12.4. The Labute approximate surface area is 163 Å². The SMILES string of the molecule is Cc1cccc2c1OCc1ccc(-c3ccccc3)c(c1C)-n1n(C)c(=O)n1-2.